The molecule has 9 heavy (non-hydrogen) atoms. The Hall–Kier alpha value is -0.630. The first kappa shape index (κ1) is 6.49. The number of dihydropyridines is 1. The van der Waals surface area contributed by atoms with E-state index in [1.807, 2.05) is 6.21 Å². The average molecular weight is 124 g/mol. The predicted molar refractivity (Wildman–Crippen MR) is 39.7 cm³/mol. The van der Waals surface area contributed by atoms with Crippen molar-refractivity contribution in [1.29, 1.82) is 0 Å². The number of hydrogen-bond donors (Lipinski definition) is 1. The van der Waals surface area contributed by atoms with E-state index in [-0.39, 0.29) is 0 Å². The van der Waals surface area contributed by atoms with Crippen LogP contribution in [0.4, 0.5) is 0 Å². The van der Waals surface area contributed by atoms with E-state index in [1.165, 1.54) is 5.57 Å². The Morgan fingerprint density at radius 1 is 1.67 bits per heavy atom. The number of hydrogen-bond acceptors (Lipinski definition) is 2. The second-order valence-electron chi connectivity index (χ2n) is 2.17. The Labute approximate surface area is 55.5 Å². The maximum Gasteiger partial charge on any atom is 0.0426 e. The zero-order chi connectivity index (χ0) is 6.53. The quantitative estimate of drug-likeness (QED) is 0.579. The van der Waals surface area contributed by atoms with Crippen molar-refractivity contribution in [2.45, 2.75) is 12.8 Å². The first-order valence-electron chi connectivity index (χ1n) is 3.31. The van der Waals surface area contributed by atoms with Gasteiger partial charge in [0.2, 0.25) is 0 Å². The van der Waals surface area contributed by atoms with E-state index in [2.05, 4.69) is 11.1 Å². The molecule has 0 aromatic rings. The van der Waals surface area contributed by atoms with Gasteiger partial charge in [-0.15, -0.1) is 0 Å². The van der Waals surface area contributed by atoms with E-state index in [0.717, 1.165) is 25.9 Å². The number of aliphatic imine (C=N–C) groups is 1. The van der Waals surface area contributed by atoms with Crippen LogP contribution in [0.5, 0.6) is 0 Å². The Balaban J connectivity index is 2.38. The fraction of sp³-hybridized carbons (Fsp3) is 0.571. The van der Waals surface area contributed by atoms with Gasteiger partial charge in [0.1, 0.15) is 0 Å². The summed E-state index contributed by atoms with van der Waals surface area (Å²) in [5.74, 6) is 0. The first-order chi connectivity index (χ1) is 4.43. The van der Waals surface area contributed by atoms with Gasteiger partial charge in [-0.1, -0.05) is 5.57 Å². The summed E-state index contributed by atoms with van der Waals surface area (Å²) in [6.07, 6.45) is 6.07. The third kappa shape index (κ3) is 1.98. The molecule has 2 N–H and O–H groups in total. The molecular weight excluding hydrogens is 112 g/mol. The molecule has 2 heteroatoms. The number of nitrogens with zero attached hydrogens (tertiary/aromatic N) is 1. The Bertz CT molecular complexity index is 136. The molecule has 0 atom stereocenters. The summed E-state index contributed by atoms with van der Waals surface area (Å²) in [4.78, 5) is 4.07. The first-order valence-corrected chi connectivity index (χ1v) is 3.31. The normalized spacial score (nSPS) is 17.7. The van der Waals surface area contributed by atoms with Gasteiger partial charge in [0.05, 0.1) is 0 Å². The molecule has 1 rings (SSSR count). The van der Waals surface area contributed by atoms with Crippen LogP contribution in [0.25, 0.3) is 0 Å². The maximum absolute atomic E-state index is 5.37. The highest BCUT2D eigenvalue weighted by Gasteiger charge is 1.96. The molecule has 0 bridgehead atoms. The van der Waals surface area contributed by atoms with E-state index in [0.29, 0.717) is 0 Å². The molecule has 1 aliphatic heterocycles. The summed E-state index contributed by atoms with van der Waals surface area (Å²) in [5, 5.41) is 0. The fourth-order valence-electron chi connectivity index (χ4n) is 0.918. The zero-order valence-corrected chi connectivity index (χ0v) is 5.51. The molecule has 0 saturated carbocycles. The predicted octanol–water partition coefficient (Wildman–Crippen LogP) is 0.736. The smallest absolute Gasteiger partial charge is 0.0426 e. The molecule has 0 aromatic carbocycles. The van der Waals surface area contributed by atoms with E-state index >= 15 is 0 Å². The summed E-state index contributed by atoms with van der Waals surface area (Å²) in [7, 11) is 0. The van der Waals surface area contributed by atoms with Crippen molar-refractivity contribution in [3.8, 4) is 0 Å². The number of rotatable bonds is 2. The van der Waals surface area contributed by atoms with Crippen molar-refractivity contribution in [2.75, 3.05) is 13.1 Å². The van der Waals surface area contributed by atoms with Gasteiger partial charge in [-0.25, -0.2) is 0 Å². The number of allylic oxidation sites excluding steroid dienone is 1. The van der Waals surface area contributed by atoms with Crippen LogP contribution >= 0.6 is 0 Å². The maximum atomic E-state index is 5.37. The Morgan fingerprint density at radius 3 is 3.11 bits per heavy atom. The van der Waals surface area contributed by atoms with Crippen LogP contribution in [0.1, 0.15) is 12.8 Å². The zero-order valence-electron chi connectivity index (χ0n) is 5.51. The molecule has 0 fully saturated rings. The largest absolute Gasteiger partial charge is 0.330 e. The Kier molecular flexibility index (Phi) is 2.46. The standard InChI is InChI=1S/C7H12N2/c8-4-1-7-2-5-9-6-3-7/h2,5H,1,3-4,6,8H2. The second kappa shape index (κ2) is 3.41. The van der Waals surface area contributed by atoms with Crippen LogP contribution < -0.4 is 5.73 Å². The number of nitrogens with two attached hydrogens (primary N) is 1. The molecule has 0 spiro atoms. The van der Waals surface area contributed by atoms with Gasteiger partial charge in [0.25, 0.3) is 0 Å². The molecule has 0 aromatic heterocycles. The second-order valence-corrected chi connectivity index (χ2v) is 2.17. The summed E-state index contributed by atoms with van der Waals surface area (Å²) in [6.45, 7) is 1.71. The van der Waals surface area contributed by atoms with Crippen molar-refractivity contribution in [2.24, 2.45) is 10.7 Å². The molecule has 0 radical (unpaired) electrons. The summed E-state index contributed by atoms with van der Waals surface area (Å²) >= 11 is 0. The van der Waals surface area contributed by atoms with Gasteiger partial charge in [-0.05, 0) is 25.5 Å². The topological polar surface area (TPSA) is 38.4 Å². The van der Waals surface area contributed by atoms with E-state index in [9.17, 15) is 0 Å². The monoisotopic (exact) mass is 124 g/mol. The summed E-state index contributed by atoms with van der Waals surface area (Å²) in [6, 6.07) is 0. The lowest BCUT2D eigenvalue weighted by atomic mass is 10.1. The van der Waals surface area contributed by atoms with Crippen LogP contribution in [0, 0.1) is 0 Å². The van der Waals surface area contributed by atoms with E-state index in [4.69, 9.17) is 5.73 Å². The molecular formula is C7H12N2. The van der Waals surface area contributed by atoms with Gasteiger partial charge in [-0.3, -0.25) is 4.99 Å². The third-order valence-corrected chi connectivity index (χ3v) is 1.44. The SMILES string of the molecule is NCCC1=CC=NCC1. The molecule has 0 amide bonds. The minimum Gasteiger partial charge on any atom is -0.330 e. The summed E-state index contributed by atoms with van der Waals surface area (Å²) < 4.78 is 0. The highest BCUT2D eigenvalue weighted by atomic mass is 14.7. The van der Waals surface area contributed by atoms with Crippen molar-refractivity contribution < 1.29 is 0 Å². The van der Waals surface area contributed by atoms with Crippen LogP contribution in [-0.2, 0) is 0 Å². The van der Waals surface area contributed by atoms with Crippen molar-refractivity contribution >= 4 is 6.21 Å². The van der Waals surface area contributed by atoms with Crippen LogP contribution in [0.15, 0.2) is 16.6 Å². The van der Waals surface area contributed by atoms with Crippen molar-refractivity contribution in [3.63, 3.8) is 0 Å². The minimum atomic E-state index is 0.764. The molecule has 0 saturated heterocycles. The van der Waals surface area contributed by atoms with E-state index in [1.54, 1.807) is 0 Å². The van der Waals surface area contributed by atoms with Gasteiger partial charge >= 0.3 is 0 Å². The van der Waals surface area contributed by atoms with Gasteiger partial charge in [-0.2, -0.15) is 0 Å². The molecule has 1 heterocycles. The molecule has 50 valence electrons. The highest BCUT2D eigenvalue weighted by molar-refractivity contribution is 5.73. The van der Waals surface area contributed by atoms with Gasteiger partial charge in [0.15, 0.2) is 0 Å². The van der Waals surface area contributed by atoms with Crippen LogP contribution in [0.3, 0.4) is 0 Å². The highest BCUT2D eigenvalue weighted by Crippen LogP contribution is 2.07. The summed E-state index contributed by atoms with van der Waals surface area (Å²) in [5.41, 5.74) is 6.81. The van der Waals surface area contributed by atoms with Gasteiger partial charge in [0, 0.05) is 12.8 Å². The lowest BCUT2D eigenvalue weighted by Gasteiger charge is -2.05. The molecule has 2 nitrogen and oxygen atoms in total. The lowest BCUT2D eigenvalue weighted by Crippen LogP contribution is -2.03. The third-order valence-electron chi connectivity index (χ3n) is 1.44. The molecule has 0 unspecified atom stereocenters. The van der Waals surface area contributed by atoms with Crippen molar-refractivity contribution in [3.05, 3.63) is 11.6 Å². The Morgan fingerprint density at radius 2 is 2.56 bits per heavy atom. The van der Waals surface area contributed by atoms with Crippen molar-refractivity contribution in [1.82, 2.24) is 0 Å². The van der Waals surface area contributed by atoms with E-state index < -0.39 is 0 Å². The minimum absolute atomic E-state index is 0.764. The molecule has 0 aliphatic carbocycles. The molecule has 1 aliphatic rings. The average Bonchev–Trinajstić information content (AvgIpc) is 1.91. The lowest BCUT2D eigenvalue weighted by molar-refractivity contribution is 0.844. The van der Waals surface area contributed by atoms with Gasteiger partial charge < -0.3 is 5.73 Å². The fourth-order valence-corrected chi connectivity index (χ4v) is 0.918. The van der Waals surface area contributed by atoms with Crippen LogP contribution in [0.2, 0.25) is 0 Å². The van der Waals surface area contributed by atoms with Crippen LogP contribution in [-0.4, -0.2) is 19.3 Å².